The van der Waals surface area contributed by atoms with Gasteiger partial charge in [0.15, 0.2) is 0 Å². The van der Waals surface area contributed by atoms with Crippen LogP contribution in [0.25, 0.3) is 0 Å². The summed E-state index contributed by atoms with van der Waals surface area (Å²) in [5.41, 5.74) is 2.23. The lowest BCUT2D eigenvalue weighted by molar-refractivity contribution is 0.325. The number of hydrogen-bond acceptors (Lipinski definition) is 4. The molecule has 2 heterocycles. The fourth-order valence-corrected chi connectivity index (χ4v) is 5.92. The highest BCUT2D eigenvalue weighted by molar-refractivity contribution is 7.91. The van der Waals surface area contributed by atoms with Gasteiger partial charge in [0.25, 0.3) is 10.0 Å². The third kappa shape index (κ3) is 2.55. The topological polar surface area (TPSA) is 46.6 Å². The summed E-state index contributed by atoms with van der Waals surface area (Å²) < 4.78 is 33.0. The minimum Gasteiger partial charge on any atom is -0.497 e. The van der Waals surface area contributed by atoms with Gasteiger partial charge in [-0.05, 0) is 55.7 Å². The standard InChI is InChI=1S/C16H19NO3S2/c1-11-4-7-16(21-11)22(18,19)17-9-8-13-5-6-14(20-3)10-15(13)12(17)2/h4-7,10,12H,8-9H2,1-3H3. The minimum atomic E-state index is -3.44. The Morgan fingerprint density at radius 1 is 1.27 bits per heavy atom. The summed E-state index contributed by atoms with van der Waals surface area (Å²) in [6, 6.07) is 9.27. The monoisotopic (exact) mass is 337 g/mol. The van der Waals surface area contributed by atoms with Crippen molar-refractivity contribution in [3.05, 3.63) is 46.3 Å². The number of methoxy groups -OCH3 is 1. The molecule has 0 radical (unpaired) electrons. The summed E-state index contributed by atoms with van der Waals surface area (Å²) in [5, 5.41) is 0. The predicted octanol–water partition coefficient (Wildman–Crippen LogP) is 3.37. The van der Waals surface area contributed by atoms with Crippen molar-refractivity contribution >= 4 is 21.4 Å². The first-order chi connectivity index (χ1) is 10.4. The van der Waals surface area contributed by atoms with Gasteiger partial charge in [-0.15, -0.1) is 11.3 Å². The van der Waals surface area contributed by atoms with E-state index in [2.05, 4.69) is 0 Å². The van der Waals surface area contributed by atoms with E-state index in [9.17, 15) is 8.42 Å². The van der Waals surface area contributed by atoms with Crippen LogP contribution in [0.15, 0.2) is 34.5 Å². The third-order valence-electron chi connectivity index (χ3n) is 4.12. The van der Waals surface area contributed by atoms with E-state index in [4.69, 9.17) is 4.74 Å². The van der Waals surface area contributed by atoms with E-state index in [1.807, 2.05) is 38.1 Å². The maximum atomic E-state index is 12.9. The molecule has 1 aromatic heterocycles. The highest BCUT2D eigenvalue weighted by Gasteiger charge is 2.34. The Kier molecular flexibility index (Phi) is 4.01. The predicted molar refractivity (Wildman–Crippen MR) is 88.1 cm³/mol. The van der Waals surface area contributed by atoms with Crippen LogP contribution in [0.4, 0.5) is 0 Å². The van der Waals surface area contributed by atoms with Gasteiger partial charge >= 0.3 is 0 Å². The van der Waals surface area contributed by atoms with Crippen molar-refractivity contribution in [1.29, 1.82) is 0 Å². The summed E-state index contributed by atoms with van der Waals surface area (Å²) >= 11 is 1.33. The molecule has 0 aliphatic carbocycles. The maximum absolute atomic E-state index is 12.9. The summed E-state index contributed by atoms with van der Waals surface area (Å²) in [6.45, 7) is 4.37. The van der Waals surface area contributed by atoms with E-state index in [0.717, 1.165) is 22.6 Å². The van der Waals surface area contributed by atoms with Gasteiger partial charge in [0.1, 0.15) is 9.96 Å². The Balaban J connectivity index is 2.00. The molecule has 1 atom stereocenters. The molecule has 0 saturated heterocycles. The lowest BCUT2D eigenvalue weighted by Gasteiger charge is -2.34. The van der Waals surface area contributed by atoms with Gasteiger partial charge in [-0.2, -0.15) is 4.31 Å². The molecule has 22 heavy (non-hydrogen) atoms. The molecule has 0 saturated carbocycles. The quantitative estimate of drug-likeness (QED) is 0.863. The summed E-state index contributed by atoms with van der Waals surface area (Å²) in [4.78, 5) is 1.00. The first-order valence-electron chi connectivity index (χ1n) is 7.18. The Labute approximate surface area is 135 Å². The first-order valence-corrected chi connectivity index (χ1v) is 9.44. The average Bonchev–Trinajstić information content (AvgIpc) is 2.94. The second kappa shape index (κ2) is 5.68. The van der Waals surface area contributed by atoms with Crippen LogP contribution in [0.3, 0.4) is 0 Å². The Morgan fingerprint density at radius 3 is 2.68 bits per heavy atom. The lowest BCUT2D eigenvalue weighted by Crippen LogP contribution is -2.38. The van der Waals surface area contributed by atoms with Crippen LogP contribution >= 0.6 is 11.3 Å². The molecule has 0 bridgehead atoms. The van der Waals surface area contributed by atoms with Crippen LogP contribution in [-0.2, 0) is 16.4 Å². The van der Waals surface area contributed by atoms with Gasteiger partial charge in [0, 0.05) is 17.5 Å². The van der Waals surface area contributed by atoms with Crippen LogP contribution < -0.4 is 4.74 Å². The maximum Gasteiger partial charge on any atom is 0.253 e. The van der Waals surface area contributed by atoms with Crippen molar-refractivity contribution in [1.82, 2.24) is 4.31 Å². The molecule has 1 aromatic carbocycles. The smallest absolute Gasteiger partial charge is 0.253 e. The highest BCUT2D eigenvalue weighted by atomic mass is 32.2. The van der Waals surface area contributed by atoms with E-state index in [-0.39, 0.29) is 6.04 Å². The molecule has 2 aromatic rings. The molecule has 1 aliphatic heterocycles. The number of thiophene rings is 1. The SMILES string of the molecule is COc1ccc2c(c1)C(C)N(S(=O)(=O)c1ccc(C)s1)CC2. The van der Waals surface area contributed by atoms with Crippen LogP contribution in [-0.4, -0.2) is 26.4 Å². The molecule has 0 spiro atoms. The molecule has 1 unspecified atom stereocenters. The average molecular weight is 337 g/mol. The molecule has 4 nitrogen and oxygen atoms in total. The van der Waals surface area contributed by atoms with Crippen molar-refractivity contribution < 1.29 is 13.2 Å². The number of hydrogen-bond donors (Lipinski definition) is 0. The van der Waals surface area contributed by atoms with Crippen LogP contribution in [0.2, 0.25) is 0 Å². The number of rotatable bonds is 3. The number of aryl methyl sites for hydroxylation is 1. The van der Waals surface area contributed by atoms with Gasteiger partial charge in [0.05, 0.1) is 7.11 Å². The summed E-state index contributed by atoms with van der Waals surface area (Å²) in [6.07, 6.45) is 0.729. The second-order valence-electron chi connectivity index (χ2n) is 5.47. The lowest BCUT2D eigenvalue weighted by atomic mass is 9.95. The van der Waals surface area contributed by atoms with Gasteiger partial charge in [-0.3, -0.25) is 0 Å². The zero-order chi connectivity index (χ0) is 15.9. The molecule has 0 fully saturated rings. The zero-order valence-corrected chi connectivity index (χ0v) is 14.5. The first kappa shape index (κ1) is 15.5. The summed E-state index contributed by atoms with van der Waals surface area (Å²) in [7, 11) is -1.82. The fraction of sp³-hybridized carbons (Fsp3) is 0.375. The van der Waals surface area contributed by atoms with Crippen LogP contribution in [0.1, 0.15) is 29.0 Å². The summed E-state index contributed by atoms with van der Waals surface area (Å²) in [5.74, 6) is 0.761. The molecular weight excluding hydrogens is 318 g/mol. The van der Waals surface area contributed by atoms with Crippen molar-refractivity contribution in [3.63, 3.8) is 0 Å². The molecule has 0 amide bonds. The minimum absolute atomic E-state index is 0.189. The van der Waals surface area contributed by atoms with Crippen LogP contribution in [0, 0.1) is 6.92 Å². The van der Waals surface area contributed by atoms with Crippen LogP contribution in [0.5, 0.6) is 5.75 Å². The molecule has 1 aliphatic rings. The highest BCUT2D eigenvalue weighted by Crippen LogP contribution is 2.37. The van der Waals surface area contributed by atoms with E-state index >= 15 is 0 Å². The Bertz CT molecular complexity index is 795. The molecule has 0 N–H and O–H groups in total. The molecule has 3 rings (SSSR count). The number of nitrogens with zero attached hydrogens (tertiary/aromatic N) is 1. The van der Waals surface area contributed by atoms with E-state index < -0.39 is 10.0 Å². The molecular formula is C16H19NO3S2. The normalized spacial score (nSPS) is 19.0. The fourth-order valence-electron chi connectivity index (χ4n) is 2.89. The van der Waals surface area contributed by atoms with Crippen molar-refractivity contribution in [2.45, 2.75) is 30.5 Å². The van der Waals surface area contributed by atoms with E-state index in [1.54, 1.807) is 17.5 Å². The number of ether oxygens (including phenoxy) is 1. The second-order valence-corrected chi connectivity index (χ2v) is 8.88. The van der Waals surface area contributed by atoms with Gasteiger partial charge in [-0.25, -0.2) is 8.42 Å². The third-order valence-corrected chi connectivity index (χ3v) is 7.55. The number of benzene rings is 1. The van der Waals surface area contributed by atoms with Gasteiger partial charge in [-0.1, -0.05) is 6.07 Å². The van der Waals surface area contributed by atoms with Crippen molar-refractivity contribution in [2.24, 2.45) is 0 Å². The Morgan fingerprint density at radius 2 is 2.05 bits per heavy atom. The largest absolute Gasteiger partial charge is 0.497 e. The molecule has 118 valence electrons. The number of sulfonamides is 1. The van der Waals surface area contributed by atoms with E-state index in [0.29, 0.717) is 10.8 Å². The number of fused-ring (bicyclic) bond motifs is 1. The molecule has 6 heteroatoms. The van der Waals surface area contributed by atoms with Gasteiger partial charge < -0.3 is 4.74 Å². The Hall–Kier alpha value is -1.37. The van der Waals surface area contributed by atoms with Crippen molar-refractivity contribution in [3.8, 4) is 5.75 Å². The zero-order valence-electron chi connectivity index (χ0n) is 12.9. The van der Waals surface area contributed by atoms with E-state index in [1.165, 1.54) is 16.9 Å². The van der Waals surface area contributed by atoms with Crippen molar-refractivity contribution in [2.75, 3.05) is 13.7 Å². The van der Waals surface area contributed by atoms with Gasteiger partial charge in [0.2, 0.25) is 0 Å².